The third kappa shape index (κ3) is 3.37. The van der Waals surface area contributed by atoms with E-state index in [-0.39, 0.29) is 5.91 Å². The molecule has 3 aromatic rings. The predicted octanol–water partition coefficient (Wildman–Crippen LogP) is 3.77. The number of hydrogen-bond donors (Lipinski definition) is 1. The van der Waals surface area contributed by atoms with Gasteiger partial charge < -0.3 is 4.74 Å². The van der Waals surface area contributed by atoms with Crippen LogP contribution in [0.5, 0.6) is 5.75 Å². The minimum atomic E-state index is -0.227. The van der Waals surface area contributed by atoms with Gasteiger partial charge in [0.15, 0.2) is 5.13 Å². The maximum absolute atomic E-state index is 12.1. The van der Waals surface area contributed by atoms with Crippen LogP contribution in [0.1, 0.15) is 15.9 Å². The number of hydrogen-bond acceptors (Lipinski definition) is 5. The first-order valence-corrected chi connectivity index (χ1v) is 7.87. The smallest absolute Gasteiger partial charge is 0.259 e. The molecule has 1 N–H and O–H groups in total. The SMILES string of the molecule is COc1ccc(C)cc1-c1csc(NC(=O)c2cccnc2)n1. The molecule has 1 aromatic carbocycles. The highest BCUT2D eigenvalue weighted by molar-refractivity contribution is 7.14. The second-order valence-corrected chi connectivity index (χ2v) is 5.80. The Morgan fingerprint density at radius 2 is 2.17 bits per heavy atom. The number of carbonyl (C=O) groups is 1. The number of aryl methyl sites for hydroxylation is 1. The van der Waals surface area contributed by atoms with Gasteiger partial charge in [-0.05, 0) is 31.2 Å². The van der Waals surface area contributed by atoms with Crippen LogP contribution in [0, 0.1) is 6.92 Å². The first-order chi connectivity index (χ1) is 11.2. The van der Waals surface area contributed by atoms with Crippen molar-refractivity contribution in [3.05, 3.63) is 59.2 Å². The van der Waals surface area contributed by atoms with Crippen molar-refractivity contribution >= 4 is 22.4 Å². The molecule has 0 atom stereocenters. The maximum atomic E-state index is 12.1. The zero-order valence-corrected chi connectivity index (χ0v) is 13.6. The van der Waals surface area contributed by atoms with E-state index in [1.54, 1.807) is 25.4 Å². The molecule has 0 aliphatic heterocycles. The minimum Gasteiger partial charge on any atom is -0.496 e. The monoisotopic (exact) mass is 325 g/mol. The molecule has 5 nitrogen and oxygen atoms in total. The lowest BCUT2D eigenvalue weighted by Crippen LogP contribution is -2.11. The number of carbonyl (C=O) groups excluding carboxylic acids is 1. The van der Waals surface area contributed by atoms with Crippen LogP contribution in [-0.2, 0) is 0 Å². The lowest BCUT2D eigenvalue weighted by Gasteiger charge is -2.07. The van der Waals surface area contributed by atoms with Gasteiger partial charge in [0.1, 0.15) is 5.75 Å². The molecule has 2 heterocycles. The molecule has 116 valence electrons. The second kappa shape index (κ2) is 6.58. The molecular formula is C17H15N3O2S. The summed E-state index contributed by atoms with van der Waals surface area (Å²) in [6.07, 6.45) is 3.15. The van der Waals surface area contributed by atoms with E-state index in [9.17, 15) is 4.79 Å². The van der Waals surface area contributed by atoms with Crippen LogP contribution < -0.4 is 10.1 Å². The van der Waals surface area contributed by atoms with E-state index in [0.717, 1.165) is 22.6 Å². The maximum Gasteiger partial charge on any atom is 0.259 e. The van der Waals surface area contributed by atoms with Crippen molar-refractivity contribution in [1.29, 1.82) is 0 Å². The average Bonchev–Trinajstić information content (AvgIpc) is 3.04. The van der Waals surface area contributed by atoms with Crippen LogP contribution in [0.2, 0.25) is 0 Å². The number of pyridine rings is 1. The van der Waals surface area contributed by atoms with Crippen molar-refractivity contribution in [3.63, 3.8) is 0 Å². The summed E-state index contributed by atoms with van der Waals surface area (Å²) in [6.45, 7) is 2.01. The van der Waals surface area contributed by atoms with Crippen molar-refractivity contribution in [2.45, 2.75) is 6.92 Å². The summed E-state index contributed by atoms with van der Waals surface area (Å²) in [7, 11) is 1.63. The van der Waals surface area contributed by atoms with Crippen molar-refractivity contribution in [2.75, 3.05) is 12.4 Å². The molecule has 0 fully saturated rings. The number of anilines is 1. The summed E-state index contributed by atoms with van der Waals surface area (Å²) in [4.78, 5) is 20.5. The number of nitrogens with zero attached hydrogens (tertiary/aromatic N) is 2. The Bertz CT molecular complexity index is 831. The molecule has 0 radical (unpaired) electrons. The zero-order valence-electron chi connectivity index (χ0n) is 12.7. The number of nitrogens with one attached hydrogen (secondary N) is 1. The van der Waals surface area contributed by atoms with Crippen LogP contribution in [-0.4, -0.2) is 23.0 Å². The lowest BCUT2D eigenvalue weighted by molar-refractivity contribution is 0.102. The molecular weight excluding hydrogens is 310 g/mol. The van der Waals surface area contributed by atoms with Crippen molar-refractivity contribution in [3.8, 4) is 17.0 Å². The van der Waals surface area contributed by atoms with E-state index in [1.807, 2.05) is 30.5 Å². The number of amides is 1. The molecule has 1 amide bonds. The summed E-state index contributed by atoms with van der Waals surface area (Å²) in [6, 6.07) is 9.35. The number of methoxy groups -OCH3 is 1. The normalized spacial score (nSPS) is 10.3. The number of ether oxygens (including phenoxy) is 1. The molecule has 0 aliphatic rings. The minimum absolute atomic E-state index is 0.227. The van der Waals surface area contributed by atoms with Gasteiger partial charge in [0.2, 0.25) is 0 Å². The third-order valence-electron chi connectivity index (χ3n) is 3.28. The Morgan fingerprint density at radius 1 is 1.30 bits per heavy atom. The Kier molecular flexibility index (Phi) is 4.34. The Labute approximate surface area is 138 Å². The highest BCUT2D eigenvalue weighted by atomic mass is 32.1. The van der Waals surface area contributed by atoms with E-state index in [4.69, 9.17) is 4.74 Å². The van der Waals surface area contributed by atoms with Crippen molar-refractivity contribution in [1.82, 2.24) is 9.97 Å². The predicted molar refractivity (Wildman–Crippen MR) is 91.0 cm³/mol. The van der Waals surface area contributed by atoms with Crippen LogP contribution in [0.15, 0.2) is 48.1 Å². The molecule has 0 saturated heterocycles. The van der Waals surface area contributed by atoms with Crippen LogP contribution in [0.3, 0.4) is 0 Å². The fourth-order valence-corrected chi connectivity index (χ4v) is 2.85. The van der Waals surface area contributed by atoms with Crippen LogP contribution in [0.25, 0.3) is 11.3 Å². The second-order valence-electron chi connectivity index (χ2n) is 4.94. The van der Waals surface area contributed by atoms with Gasteiger partial charge in [-0.3, -0.25) is 15.1 Å². The summed E-state index contributed by atoms with van der Waals surface area (Å²) in [5, 5.41) is 5.23. The molecule has 2 aromatic heterocycles. The van der Waals surface area contributed by atoms with Gasteiger partial charge >= 0.3 is 0 Å². The number of aromatic nitrogens is 2. The lowest BCUT2D eigenvalue weighted by atomic mass is 10.1. The van der Waals surface area contributed by atoms with Crippen molar-refractivity contribution < 1.29 is 9.53 Å². The Morgan fingerprint density at radius 3 is 2.91 bits per heavy atom. The Balaban J connectivity index is 1.84. The molecule has 0 bridgehead atoms. The summed E-state index contributed by atoms with van der Waals surface area (Å²) in [5.74, 6) is 0.529. The van der Waals surface area contributed by atoms with Gasteiger partial charge in [0.05, 0.1) is 18.4 Å². The van der Waals surface area contributed by atoms with Crippen molar-refractivity contribution in [2.24, 2.45) is 0 Å². The fourth-order valence-electron chi connectivity index (χ4n) is 2.14. The first-order valence-electron chi connectivity index (χ1n) is 6.99. The summed E-state index contributed by atoms with van der Waals surface area (Å²) >= 11 is 1.37. The van der Waals surface area contributed by atoms with Gasteiger partial charge in [-0.1, -0.05) is 11.6 Å². The Hall–Kier alpha value is -2.73. The van der Waals surface area contributed by atoms with E-state index >= 15 is 0 Å². The molecule has 0 saturated carbocycles. The van der Waals surface area contributed by atoms with Gasteiger partial charge in [0, 0.05) is 23.3 Å². The molecule has 23 heavy (non-hydrogen) atoms. The largest absolute Gasteiger partial charge is 0.496 e. The highest BCUT2D eigenvalue weighted by Gasteiger charge is 2.13. The zero-order chi connectivity index (χ0) is 16.2. The number of thiazole rings is 1. The fraction of sp³-hybridized carbons (Fsp3) is 0.118. The number of rotatable bonds is 4. The van der Waals surface area contributed by atoms with Crippen LogP contribution in [0.4, 0.5) is 5.13 Å². The summed E-state index contributed by atoms with van der Waals surface area (Å²) < 4.78 is 5.38. The highest BCUT2D eigenvalue weighted by Crippen LogP contribution is 2.33. The van der Waals surface area contributed by atoms with E-state index < -0.39 is 0 Å². The van der Waals surface area contributed by atoms with Gasteiger partial charge in [0.25, 0.3) is 5.91 Å². The van der Waals surface area contributed by atoms with E-state index in [0.29, 0.717) is 10.7 Å². The third-order valence-corrected chi connectivity index (χ3v) is 4.04. The van der Waals surface area contributed by atoms with E-state index in [2.05, 4.69) is 15.3 Å². The molecule has 6 heteroatoms. The van der Waals surface area contributed by atoms with Gasteiger partial charge in [-0.15, -0.1) is 11.3 Å². The average molecular weight is 325 g/mol. The quantitative estimate of drug-likeness (QED) is 0.793. The topological polar surface area (TPSA) is 64.1 Å². The van der Waals surface area contributed by atoms with Crippen LogP contribution >= 0.6 is 11.3 Å². The standard InChI is InChI=1S/C17H15N3O2S/c1-11-5-6-15(22-2)13(8-11)14-10-23-17(19-14)20-16(21)12-4-3-7-18-9-12/h3-10H,1-2H3,(H,19,20,21). The molecule has 0 aliphatic carbocycles. The first kappa shape index (κ1) is 15.2. The molecule has 0 unspecified atom stereocenters. The molecule has 3 rings (SSSR count). The van der Waals surface area contributed by atoms with E-state index in [1.165, 1.54) is 17.5 Å². The summed E-state index contributed by atoms with van der Waals surface area (Å²) in [5.41, 5.74) is 3.30. The number of benzene rings is 1. The molecule has 0 spiro atoms. The van der Waals surface area contributed by atoms with Gasteiger partial charge in [-0.25, -0.2) is 4.98 Å². The van der Waals surface area contributed by atoms with Gasteiger partial charge in [-0.2, -0.15) is 0 Å².